The molecule has 1 aromatic carbocycles. The van der Waals surface area contributed by atoms with E-state index in [1.807, 2.05) is 6.92 Å². The molecule has 2 fully saturated rings. The van der Waals surface area contributed by atoms with Crippen molar-refractivity contribution >= 4 is 15.9 Å². The molecule has 0 saturated carbocycles. The molecular weight excluding hydrogens is 414 g/mol. The quantitative estimate of drug-likeness (QED) is 0.689. The number of methoxy groups -OCH3 is 1. The molecule has 3 rings (SSSR count). The van der Waals surface area contributed by atoms with Crippen molar-refractivity contribution in [3.8, 4) is 5.75 Å². The first-order valence-corrected chi connectivity index (χ1v) is 13.0. The minimum atomic E-state index is -3.63. The number of benzene rings is 1. The Morgan fingerprint density at radius 1 is 1.16 bits per heavy atom. The molecular formula is C23H37N3O4S. The minimum Gasteiger partial charge on any atom is -0.496 e. The lowest BCUT2D eigenvalue weighted by atomic mass is 10.00. The lowest BCUT2D eigenvalue weighted by Crippen LogP contribution is -2.45. The number of piperidine rings is 1. The van der Waals surface area contributed by atoms with Gasteiger partial charge in [-0.3, -0.25) is 4.79 Å². The van der Waals surface area contributed by atoms with Gasteiger partial charge in [0.1, 0.15) is 5.75 Å². The number of likely N-dealkylation sites (tertiary alicyclic amines) is 1. The zero-order chi connectivity index (χ0) is 22.4. The Bertz CT molecular complexity index is 850. The number of amides is 1. The Hall–Kier alpha value is -1.64. The van der Waals surface area contributed by atoms with Crippen LogP contribution in [0.5, 0.6) is 5.75 Å². The summed E-state index contributed by atoms with van der Waals surface area (Å²) in [7, 11) is -2.14. The normalized spacial score (nSPS) is 22.5. The van der Waals surface area contributed by atoms with Crippen molar-refractivity contribution < 1.29 is 17.9 Å². The van der Waals surface area contributed by atoms with E-state index in [9.17, 15) is 13.2 Å². The van der Waals surface area contributed by atoms with E-state index in [1.54, 1.807) is 10.4 Å². The Morgan fingerprint density at radius 3 is 2.52 bits per heavy atom. The van der Waals surface area contributed by atoms with Gasteiger partial charge in [0, 0.05) is 32.2 Å². The van der Waals surface area contributed by atoms with Gasteiger partial charge >= 0.3 is 0 Å². The summed E-state index contributed by atoms with van der Waals surface area (Å²) < 4.78 is 33.3. The van der Waals surface area contributed by atoms with Crippen molar-refractivity contribution in [3.63, 3.8) is 0 Å². The number of ether oxygens (including phenoxy) is 1. The van der Waals surface area contributed by atoms with E-state index in [1.165, 1.54) is 32.1 Å². The van der Waals surface area contributed by atoms with Gasteiger partial charge in [0.2, 0.25) is 10.0 Å². The van der Waals surface area contributed by atoms with E-state index in [-0.39, 0.29) is 22.4 Å². The Morgan fingerprint density at radius 2 is 1.87 bits per heavy atom. The molecule has 0 spiro atoms. The summed E-state index contributed by atoms with van der Waals surface area (Å²) in [5.41, 5.74) is 0.261. The first-order chi connectivity index (χ1) is 14.8. The lowest BCUT2D eigenvalue weighted by Gasteiger charge is -2.32. The standard InChI is InChI=1S/C23H37N3O4S/c1-18-9-8-12-25(16-18)17-19(2)24-23(27)21-15-20(10-11-22(21)30-3)31(28,29)26-13-6-4-5-7-14-26/h10-11,15,18-19H,4-9,12-14,16-17H2,1-3H3,(H,24,27). The molecule has 2 aliphatic rings. The summed E-state index contributed by atoms with van der Waals surface area (Å²) in [6.45, 7) is 8.19. The second kappa shape index (κ2) is 10.8. The number of nitrogens with one attached hydrogen (secondary N) is 1. The van der Waals surface area contributed by atoms with Crippen molar-refractivity contribution in [1.82, 2.24) is 14.5 Å². The maximum Gasteiger partial charge on any atom is 0.255 e. The van der Waals surface area contributed by atoms with Crippen molar-refractivity contribution in [2.24, 2.45) is 5.92 Å². The number of hydrogen-bond donors (Lipinski definition) is 1. The number of carbonyl (C=O) groups is 1. The lowest BCUT2D eigenvalue weighted by molar-refractivity contribution is 0.0916. The van der Waals surface area contributed by atoms with Gasteiger partial charge in [-0.2, -0.15) is 4.31 Å². The molecule has 1 aromatic rings. The highest BCUT2D eigenvalue weighted by Crippen LogP contribution is 2.26. The average molecular weight is 452 g/mol. The molecule has 2 atom stereocenters. The summed E-state index contributed by atoms with van der Waals surface area (Å²) >= 11 is 0. The number of rotatable bonds is 7. The van der Waals surface area contributed by atoms with Gasteiger partial charge in [-0.1, -0.05) is 19.8 Å². The van der Waals surface area contributed by atoms with Crippen LogP contribution in [0.3, 0.4) is 0 Å². The third-order valence-electron chi connectivity index (χ3n) is 6.27. The summed E-state index contributed by atoms with van der Waals surface area (Å²) in [5, 5.41) is 3.03. The Labute approximate surface area is 187 Å². The summed E-state index contributed by atoms with van der Waals surface area (Å²) in [6, 6.07) is 4.53. The van der Waals surface area contributed by atoms with Crippen LogP contribution in [0.25, 0.3) is 0 Å². The average Bonchev–Trinajstić information content (AvgIpc) is 3.03. The number of nitrogens with zero attached hydrogens (tertiary/aromatic N) is 2. The van der Waals surface area contributed by atoms with E-state index in [0.717, 1.165) is 45.3 Å². The molecule has 31 heavy (non-hydrogen) atoms. The van der Waals surface area contributed by atoms with E-state index >= 15 is 0 Å². The minimum absolute atomic E-state index is 0.0478. The van der Waals surface area contributed by atoms with Crippen molar-refractivity contribution in [1.29, 1.82) is 0 Å². The molecule has 0 aliphatic carbocycles. The van der Waals surface area contributed by atoms with Crippen molar-refractivity contribution in [2.75, 3.05) is 39.8 Å². The second-order valence-electron chi connectivity index (χ2n) is 9.06. The van der Waals surface area contributed by atoms with Gasteiger partial charge in [-0.25, -0.2) is 8.42 Å². The van der Waals surface area contributed by atoms with Crippen LogP contribution in [-0.2, 0) is 10.0 Å². The molecule has 8 heteroatoms. The second-order valence-corrected chi connectivity index (χ2v) is 11.0. The van der Waals surface area contributed by atoms with Crippen LogP contribution >= 0.6 is 0 Å². The summed E-state index contributed by atoms with van der Waals surface area (Å²) in [4.78, 5) is 15.6. The fraction of sp³-hybridized carbons (Fsp3) is 0.696. The highest BCUT2D eigenvalue weighted by molar-refractivity contribution is 7.89. The predicted octanol–water partition coefficient (Wildman–Crippen LogP) is 3.11. The van der Waals surface area contributed by atoms with E-state index in [0.29, 0.717) is 24.8 Å². The number of hydrogen-bond acceptors (Lipinski definition) is 5. The molecule has 174 valence electrons. The molecule has 2 saturated heterocycles. The molecule has 2 aliphatic heterocycles. The topological polar surface area (TPSA) is 79.0 Å². The van der Waals surface area contributed by atoms with Crippen molar-refractivity contribution in [3.05, 3.63) is 23.8 Å². The largest absolute Gasteiger partial charge is 0.496 e. The van der Waals surface area contributed by atoms with Crippen LogP contribution in [-0.4, -0.2) is 69.4 Å². The van der Waals surface area contributed by atoms with Crippen LogP contribution in [0.4, 0.5) is 0 Å². The van der Waals surface area contributed by atoms with Crippen LogP contribution in [0, 0.1) is 5.92 Å². The van der Waals surface area contributed by atoms with Crippen molar-refractivity contribution in [2.45, 2.75) is 63.3 Å². The van der Waals surface area contributed by atoms with Gasteiger partial charge in [-0.05, 0) is 63.3 Å². The van der Waals surface area contributed by atoms with E-state index in [4.69, 9.17) is 4.74 Å². The maximum atomic E-state index is 13.2. The first-order valence-electron chi connectivity index (χ1n) is 11.5. The van der Waals surface area contributed by atoms with E-state index < -0.39 is 10.0 Å². The smallest absolute Gasteiger partial charge is 0.255 e. The maximum absolute atomic E-state index is 13.2. The number of carbonyl (C=O) groups excluding carboxylic acids is 1. The molecule has 1 amide bonds. The SMILES string of the molecule is COc1ccc(S(=O)(=O)N2CCCCCC2)cc1C(=O)NC(C)CN1CCCC(C)C1. The highest BCUT2D eigenvalue weighted by Gasteiger charge is 2.27. The van der Waals surface area contributed by atoms with Gasteiger partial charge in [0.25, 0.3) is 5.91 Å². The number of sulfonamides is 1. The Balaban J connectivity index is 1.74. The van der Waals surface area contributed by atoms with Gasteiger partial charge in [0.15, 0.2) is 0 Å². The third-order valence-corrected chi connectivity index (χ3v) is 8.16. The monoisotopic (exact) mass is 451 g/mol. The molecule has 0 bridgehead atoms. The first kappa shape index (κ1) is 24.0. The molecule has 2 heterocycles. The van der Waals surface area contributed by atoms with Gasteiger partial charge < -0.3 is 15.0 Å². The van der Waals surface area contributed by atoms with Gasteiger partial charge in [-0.15, -0.1) is 0 Å². The molecule has 1 N–H and O–H groups in total. The summed E-state index contributed by atoms with van der Waals surface area (Å²) in [5.74, 6) is 0.756. The zero-order valence-corrected chi connectivity index (χ0v) is 19.9. The predicted molar refractivity (Wildman–Crippen MR) is 122 cm³/mol. The van der Waals surface area contributed by atoms with Crippen LogP contribution in [0.2, 0.25) is 0 Å². The van der Waals surface area contributed by atoms with E-state index in [2.05, 4.69) is 17.1 Å². The van der Waals surface area contributed by atoms with Crippen LogP contribution in [0.15, 0.2) is 23.1 Å². The van der Waals surface area contributed by atoms with Gasteiger partial charge in [0.05, 0.1) is 17.6 Å². The molecule has 7 nitrogen and oxygen atoms in total. The Kier molecular flexibility index (Phi) is 8.36. The highest BCUT2D eigenvalue weighted by atomic mass is 32.2. The summed E-state index contributed by atoms with van der Waals surface area (Å²) in [6.07, 6.45) is 6.29. The third kappa shape index (κ3) is 6.20. The zero-order valence-electron chi connectivity index (χ0n) is 19.1. The van der Waals surface area contributed by atoms with Crippen LogP contribution < -0.4 is 10.1 Å². The molecule has 0 radical (unpaired) electrons. The molecule has 0 aromatic heterocycles. The fourth-order valence-corrected chi connectivity index (χ4v) is 6.19. The fourth-order valence-electron chi connectivity index (χ4n) is 4.64. The van der Waals surface area contributed by atoms with Crippen LogP contribution in [0.1, 0.15) is 62.7 Å². The molecule has 2 unspecified atom stereocenters.